The molecule has 0 aliphatic heterocycles. The first-order valence-corrected chi connectivity index (χ1v) is 8.02. The monoisotopic (exact) mass is 345 g/mol. The summed E-state index contributed by atoms with van der Waals surface area (Å²) in [6.07, 6.45) is 1.02. The van der Waals surface area contributed by atoms with Gasteiger partial charge in [0.2, 0.25) is 0 Å². The summed E-state index contributed by atoms with van der Waals surface area (Å²) in [5.74, 6) is -0.113. The number of nitrogens with one attached hydrogen (secondary N) is 1. The zero-order valence-corrected chi connectivity index (χ0v) is 14.7. The van der Waals surface area contributed by atoms with Crippen LogP contribution in [0.2, 0.25) is 0 Å². The van der Waals surface area contributed by atoms with Gasteiger partial charge in [-0.05, 0) is 24.5 Å². The van der Waals surface area contributed by atoms with Crippen LogP contribution in [0.5, 0.6) is 5.75 Å². The summed E-state index contributed by atoms with van der Waals surface area (Å²) in [5, 5.41) is 2.65. The van der Waals surface area contributed by atoms with E-state index in [0.29, 0.717) is 35.4 Å². The van der Waals surface area contributed by atoms with Gasteiger partial charge in [-0.2, -0.15) is 0 Å². The van der Waals surface area contributed by atoms with Crippen molar-refractivity contribution in [3.63, 3.8) is 0 Å². The van der Waals surface area contributed by atoms with Crippen LogP contribution in [0.4, 0.5) is 10.1 Å². The second kappa shape index (κ2) is 6.02. The fourth-order valence-corrected chi connectivity index (χ4v) is 3.25. The highest BCUT2D eigenvalue weighted by molar-refractivity contribution is 6.08. The van der Waals surface area contributed by atoms with Crippen molar-refractivity contribution in [2.45, 2.75) is 33.6 Å². The van der Waals surface area contributed by atoms with Crippen LogP contribution in [0, 0.1) is 18.2 Å². The average molecular weight is 345 g/mol. The molecule has 1 aliphatic rings. The van der Waals surface area contributed by atoms with Gasteiger partial charge in [0.05, 0.1) is 18.4 Å². The predicted octanol–water partition coefficient (Wildman–Crippen LogP) is 4.14. The third-order valence-electron chi connectivity index (χ3n) is 4.39. The quantitative estimate of drug-likeness (QED) is 0.907. The number of benzene rings is 1. The Labute approximate surface area is 145 Å². The number of anilines is 1. The molecule has 0 saturated heterocycles. The van der Waals surface area contributed by atoms with Gasteiger partial charge in [0.25, 0.3) is 5.91 Å². The highest BCUT2D eigenvalue weighted by atomic mass is 19.1. The zero-order chi connectivity index (χ0) is 18.4. The Bertz CT molecular complexity index is 867. The molecule has 6 heteroatoms. The molecule has 25 heavy (non-hydrogen) atoms. The van der Waals surface area contributed by atoms with E-state index in [2.05, 4.69) is 5.32 Å². The van der Waals surface area contributed by atoms with Gasteiger partial charge < -0.3 is 14.5 Å². The first-order valence-electron chi connectivity index (χ1n) is 8.02. The maximum atomic E-state index is 13.3. The SMILES string of the molecule is COc1cc(F)ccc1NC(=O)c1oc2c(c1C)C(=O)CC(C)(C)C2. The molecule has 3 rings (SSSR count). The Hall–Kier alpha value is -2.63. The highest BCUT2D eigenvalue weighted by Gasteiger charge is 2.37. The van der Waals surface area contributed by atoms with Gasteiger partial charge in [-0.15, -0.1) is 0 Å². The van der Waals surface area contributed by atoms with Gasteiger partial charge >= 0.3 is 0 Å². The molecular weight excluding hydrogens is 325 g/mol. The maximum Gasteiger partial charge on any atom is 0.291 e. The van der Waals surface area contributed by atoms with Crippen molar-refractivity contribution in [2.75, 3.05) is 12.4 Å². The van der Waals surface area contributed by atoms with E-state index in [9.17, 15) is 14.0 Å². The Morgan fingerprint density at radius 1 is 1.32 bits per heavy atom. The highest BCUT2D eigenvalue weighted by Crippen LogP contribution is 2.38. The Morgan fingerprint density at radius 3 is 2.72 bits per heavy atom. The normalized spacial score (nSPS) is 15.6. The fourth-order valence-electron chi connectivity index (χ4n) is 3.25. The Morgan fingerprint density at radius 2 is 2.04 bits per heavy atom. The lowest BCUT2D eigenvalue weighted by molar-refractivity contribution is 0.0898. The number of amides is 1. The standard InChI is InChI=1S/C19H20FNO4/c1-10-16-13(22)8-19(2,3)9-15(16)25-17(10)18(23)21-12-6-5-11(20)7-14(12)24-4/h5-7H,8-9H2,1-4H3,(H,21,23). The van der Waals surface area contributed by atoms with E-state index >= 15 is 0 Å². The van der Waals surface area contributed by atoms with Gasteiger partial charge in [0.1, 0.15) is 17.3 Å². The van der Waals surface area contributed by atoms with Crippen LogP contribution in [0.1, 0.15) is 52.5 Å². The molecule has 132 valence electrons. The Balaban J connectivity index is 1.93. The molecule has 1 N–H and O–H groups in total. The summed E-state index contributed by atoms with van der Waals surface area (Å²) in [5.41, 5.74) is 1.18. The first-order chi connectivity index (χ1) is 11.7. The van der Waals surface area contributed by atoms with Crippen molar-refractivity contribution in [3.05, 3.63) is 46.7 Å². The fraction of sp³-hybridized carbons (Fsp3) is 0.368. The molecule has 1 aliphatic carbocycles. The van der Waals surface area contributed by atoms with Crippen LogP contribution in [-0.2, 0) is 6.42 Å². The predicted molar refractivity (Wildman–Crippen MR) is 90.8 cm³/mol. The molecule has 1 heterocycles. The van der Waals surface area contributed by atoms with E-state index in [1.54, 1.807) is 6.92 Å². The third kappa shape index (κ3) is 3.16. The maximum absolute atomic E-state index is 13.3. The van der Waals surface area contributed by atoms with Gasteiger partial charge in [-0.1, -0.05) is 13.8 Å². The lowest BCUT2D eigenvalue weighted by Crippen LogP contribution is -2.26. The minimum absolute atomic E-state index is 0.00841. The number of ether oxygens (including phenoxy) is 1. The van der Waals surface area contributed by atoms with Gasteiger partial charge in [-0.3, -0.25) is 9.59 Å². The minimum atomic E-state index is -0.498. The van der Waals surface area contributed by atoms with Gasteiger partial charge in [0.15, 0.2) is 11.5 Å². The van der Waals surface area contributed by atoms with Crippen molar-refractivity contribution < 1.29 is 23.1 Å². The summed E-state index contributed by atoms with van der Waals surface area (Å²) in [4.78, 5) is 25.0. The first kappa shape index (κ1) is 17.2. The van der Waals surface area contributed by atoms with Crippen LogP contribution < -0.4 is 10.1 Å². The smallest absolute Gasteiger partial charge is 0.291 e. The molecule has 2 aromatic rings. The van der Waals surface area contributed by atoms with E-state index in [4.69, 9.17) is 9.15 Å². The minimum Gasteiger partial charge on any atom is -0.494 e. The van der Waals surface area contributed by atoms with Crippen molar-refractivity contribution in [1.82, 2.24) is 0 Å². The molecule has 1 amide bonds. The average Bonchev–Trinajstić information content (AvgIpc) is 2.84. The van der Waals surface area contributed by atoms with Gasteiger partial charge in [-0.25, -0.2) is 4.39 Å². The van der Waals surface area contributed by atoms with Gasteiger partial charge in [0, 0.05) is 24.5 Å². The van der Waals surface area contributed by atoms with E-state index < -0.39 is 11.7 Å². The van der Waals surface area contributed by atoms with Crippen LogP contribution in [0.25, 0.3) is 0 Å². The number of rotatable bonds is 3. The molecule has 0 bridgehead atoms. The molecule has 0 unspecified atom stereocenters. The van der Waals surface area contributed by atoms with Crippen molar-refractivity contribution in [1.29, 1.82) is 0 Å². The third-order valence-corrected chi connectivity index (χ3v) is 4.39. The number of methoxy groups -OCH3 is 1. The number of halogens is 1. The number of hydrogen-bond donors (Lipinski definition) is 1. The number of carbonyl (C=O) groups is 2. The second-order valence-corrected chi connectivity index (χ2v) is 7.09. The van der Waals surface area contributed by atoms with Crippen LogP contribution in [0.3, 0.4) is 0 Å². The number of Topliss-reactive ketones (excluding diaryl/α,β-unsaturated/α-hetero) is 1. The lowest BCUT2D eigenvalue weighted by Gasteiger charge is -2.27. The number of hydrogen-bond acceptors (Lipinski definition) is 4. The van der Waals surface area contributed by atoms with Crippen LogP contribution >= 0.6 is 0 Å². The molecular formula is C19H20FNO4. The largest absolute Gasteiger partial charge is 0.494 e. The molecule has 0 saturated carbocycles. The molecule has 1 aromatic carbocycles. The van der Waals surface area contributed by atoms with Crippen LogP contribution in [-0.4, -0.2) is 18.8 Å². The second-order valence-electron chi connectivity index (χ2n) is 7.09. The molecule has 0 radical (unpaired) electrons. The molecule has 0 spiro atoms. The van der Waals surface area contributed by atoms with Crippen molar-refractivity contribution in [3.8, 4) is 5.75 Å². The van der Waals surface area contributed by atoms with E-state index in [1.807, 2.05) is 13.8 Å². The van der Waals surface area contributed by atoms with Crippen molar-refractivity contribution >= 4 is 17.4 Å². The summed E-state index contributed by atoms with van der Waals surface area (Å²) < 4.78 is 24.1. The van der Waals surface area contributed by atoms with E-state index in [1.165, 1.54) is 25.3 Å². The molecule has 0 fully saturated rings. The Kier molecular flexibility index (Phi) is 4.14. The summed E-state index contributed by atoms with van der Waals surface area (Å²) in [7, 11) is 1.39. The van der Waals surface area contributed by atoms with E-state index in [0.717, 1.165) is 0 Å². The summed E-state index contributed by atoms with van der Waals surface area (Å²) in [6.45, 7) is 5.69. The number of furan rings is 1. The zero-order valence-electron chi connectivity index (χ0n) is 14.7. The lowest BCUT2D eigenvalue weighted by atomic mass is 9.76. The summed E-state index contributed by atoms with van der Waals surface area (Å²) in [6, 6.07) is 3.82. The number of fused-ring (bicyclic) bond motifs is 1. The molecule has 5 nitrogen and oxygen atoms in total. The van der Waals surface area contributed by atoms with E-state index in [-0.39, 0.29) is 22.7 Å². The molecule has 0 atom stereocenters. The summed E-state index contributed by atoms with van der Waals surface area (Å²) >= 11 is 0. The van der Waals surface area contributed by atoms with Crippen molar-refractivity contribution in [2.24, 2.45) is 5.41 Å². The number of ketones is 1. The topological polar surface area (TPSA) is 68.5 Å². The van der Waals surface area contributed by atoms with Crippen LogP contribution in [0.15, 0.2) is 22.6 Å². The molecule has 1 aromatic heterocycles. The number of carbonyl (C=O) groups excluding carboxylic acids is 2.